The molecule has 0 saturated carbocycles. The van der Waals surface area contributed by atoms with E-state index < -0.39 is 0 Å². The summed E-state index contributed by atoms with van der Waals surface area (Å²) in [5.74, 6) is -0.326. The Labute approximate surface area is 143 Å². The average molecular weight is 352 g/mol. The maximum Gasteiger partial charge on any atom is 0.343 e. The van der Waals surface area contributed by atoms with Gasteiger partial charge in [-0.25, -0.2) is 14.3 Å². The van der Waals surface area contributed by atoms with Gasteiger partial charge >= 0.3 is 5.69 Å². The van der Waals surface area contributed by atoms with Crippen molar-refractivity contribution in [1.82, 2.24) is 20.1 Å². The summed E-state index contributed by atoms with van der Waals surface area (Å²) in [5.41, 5.74) is 0.570. The van der Waals surface area contributed by atoms with Crippen molar-refractivity contribution in [3.63, 3.8) is 0 Å². The molecule has 6 nitrogen and oxygen atoms in total. The van der Waals surface area contributed by atoms with Gasteiger partial charge in [-0.15, -0.1) is 5.10 Å². The Balaban J connectivity index is 1.89. The SMILES string of the molecule is CCCCn1c(SCC(=O)NC(C)c2ccc(F)cc2)n[nH]c1=O. The van der Waals surface area contributed by atoms with E-state index in [9.17, 15) is 14.0 Å². The van der Waals surface area contributed by atoms with Crippen molar-refractivity contribution < 1.29 is 9.18 Å². The van der Waals surface area contributed by atoms with Crippen molar-refractivity contribution in [3.8, 4) is 0 Å². The van der Waals surface area contributed by atoms with Gasteiger partial charge in [-0.1, -0.05) is 37.2 Å². The molecule has 1 amide bonds. The minimum atomic E-state index is -0.309. The standard InChI is InChI=1S/C16H21FN4O2S/c1-3-4-9-21-15(23)19-20-16(21)24-10-14(22)18-11(2)12-5-7-13(17)8-6-12/h5-8,11H,3-4,9-10H2,1-2H3,(H,18,22)(H,19,23). The predicted molar refractivity (Wildman–Crippen MR) is 91.4 cm³/mol. The molecule has 0 fully saturated rings. The Morgan fingerprint density at radius 2 is 2.12 bits per heavy atom. The number of hydrogen-bond acceptors (Lipinski definition) is 4. The first-order chi connectivity index (χ1) is 11.5. The van der Waals surface area contributed by atoms with Crippen LogP contribution < -0.4 is 11.0 Å². The van der Waals surface area contributed by atoms with Crippen molar-refractivity contribution >= 4 is 17.7 Å². The van der Waals surface area contributed by atoms with Gasteiger partial charge in [0.1, 0.15) is 5.82 Å². The number of carbonyl (C=O) groups excluding carboxylic acids is 1. The van der Waals surface area contributed by atoms with Crippen molar-refractivity contribution in [1.29, 1.82) is 0 Å². The lowest BCUT2D eigenvalue weighted by molar-refractivity contribution is -0.119. The average Bonchev–Trinajstić information content (AvgIpc) is 2.91. The van der Waals surface area contributed by atoms with Crippen LogP contribution in [0.15, 0.2) is 34.2 Å². The number of benzene rings is 1. The molecule has 0 saturated heterocycles. The highest BCUT2D eigenvalue weighted by Gasteiger charge is 2.13. The Morgan fingerprint density at radius 1 is 1.42 bits per heavy atom. The van der Waals surface area contributed by atoms with E-state index in [2.05, 4.69) is 15.5 Å². The van der Waals surface area contributed by atoms with E-state index in [1.807, 2.05) is 13.8 Å². The first-order valence-corrected chi connectivity index (χ1v) is 8.82. The molecule has 8 heteroatoms. The fraction of sp³-hybridized carbons (Fsp3) is 0.438. The zero-order valence-corrected chi connectivity index (χ0v) is 14.5. The summed E-state index contributed by atoms with van der Waals surface area (Å²) in [5, 5.41) is 9.73. The van der Waals surface area contributed by atoms with E-state index in [1.165, 1.54) is 23.9 Å². The van der Waals surface area contributed by atoms with Crippen LogP contribution in [-0.2, 0) is 11.3 Å². The second kappa shape index (κ2) is 8.68. The summed E-state index contributed by atoms with van der Waals surface area (Å²) in [6.07, 6.45) is 1.85. The molecule has 2 rings (SSSR count). The van der Waals surface area contributed by atoms with Crippen LogP contribution in [-0.4, -0.2) is 26.4 Å². The number of nitrogens with one attached hydrogen (secondary N) is 2. The van der Waals surface area contributed by atoms with Crippen LogP contribution in [0.2, 0.25) is 0 Å². The first-order valence-electron chi connectivity index (χ1n) is 7.84. The lowest BCUT2D eigenvalue weighted by Crippen LogP contribution is -2.28. The summed E-state index contributed by atoms with van der Waals surface area (Å²) >= 11 is 1.21. The van der Waals surface area contributed by atoms with Gasteiger partial charge in [0.2, 0.25) is 5.91 Å². The molecule has 1 unspecified atom stereocenters. The Hall–Kier alpha value is -2.09. The summed E-state index contributed by atoms with van der Waals surface area (Å²) in [6.45, 7) is 4.46. The molecule has 0 spiro atoms. The third-order valence-corrected chi connectivity index (χ3v) is 4.51. The zero-order chi connectivity index (χ0) is 17.5. The first kappa shape index (κ1) is 18.3. The monoisotopic (exact) mass is 352 g/mol. The predicted octanol–water partition coefficient (Wildman–Crippen LogP) is 2.48. The number of hydrogen-bond donors (Lipinski definition) is 2. The van der Waals surface area contributed by atoms with Crippen LogP contribution >= 0.6 is 11.8 Å². The Kier molecular flexibility index (Phi) is 6.60. The van der Waals surface area contributed by atoms with Gasteiger partial charge in [-0.3, -0.25) is 9.36 Å². The van der Waals surface area contributed by atoms with Crippen molar-refractivity contribution in [3.05, 3.63) is 46.1 Å². The molecule has 2 aromatic rings. The van der Waals surface area contributed by atoms with Crippen LogP contribution in [0.1, 0.15) is 38.3 Å². The van der Waals surface area contributed by atoms with E-state index in [4.69, 9.17) is 0 Å². The van der Waals surface area contributed by atoms with Crippen molar-refractivity contribution in [2.45, 2.75) is 44.4 Å². The third kappa shape index (κ3) is 4.95. The van der Waals surface area contributed by atoms with Gasteiger partial charge in [0.15, 0.2) is 5.16 Å². The molecule has 0 aliphatic carbocycles. The van der Waals surface area contributed by atoms with E-state index in [1.54, 1.807) is 16.7 Å². The number of H-pyrrole nitrogens is 1. The van der Waals surface area contributed by atoms with Crippen LogP contribution in [0, 0.1) is 5.82 Å². The summed E-state index contributed by atoms with van der Waals surface area (Å²) < 4.78 is 14.5. The molecule has 1 aromatic carbocycles. The molecule has 130 valence electrons. The molecule has 1 aromatic heterocycles. The normalized spacial score (nSPS) is 12.1. The highest BCUT2D eigenvalue weighted by molar-refractivity contribution is 7.99. The van der Waals surface area contributed by atoms with Crippen LogP contribution in [0.25, 0.3) is 0 Å². The Bertz CT molecular complexity index is 726. The smallest absolute Gasteiger partial charge is 0.343 e. The number of thioether (sulfide) groups is 1. The molecule has 1 atom stereocenters. The molecule has 0 aliphatic heterocycles. The van der Waals surface area contributed by atoms with E-state index in [0.717, 1.165) is 18.4 Å². The number of aromatic nitrogens is 3. The van der Waals surface area contributed by atoms with Crippen molar-refractivity contribution in [2.24, 2.45) is 0 Å². The molecule has 2 N–H and O–H groups in total. The molecule has 24 heavy (non-hydrogen) atoms. The van der Waals surface area contributed by atoms with Crippen LogP contribution in [0.3, 0.4) is 0 Å². The molecule has 0 radical (unpaired) electrons. The van der Waals surface area contributed by atoms with E-state index in [0.29, 0.717) is 11.7 Å². The van der Waals surface area contributed by atoms with Gasteiger partial charge in [-0.2, -0.15) is 0 Å². The maximum atomic E-state index is 12.9. The number of rotatable bonds is 8. The molecule has 0 aliphatic rings. The molecule has 1 heterocycles. The largest absolute Gasteiger partial charge is 0.349 e. The fourth-order valence-corrected chi connectivity index (χ4v) is 2.96. The number of aromatic amines is 1. The van der Waals surface area contributed by atoms with Crippen LogP contribution in [0.4, 0.5) is 4.39 Å². The highest BCUT2D eigenvalue weighted by atomic mass is 32.2. The summed E-state index contributed by atoms with van der Waals surface area (Å²) in [7, 11) is 0. The fourth-order valence-electron chi connectivity index (χ4n) is 2.17. The van der Waals surface area contributed by atoms with Crippen molar-refractivity contribution in [2.75, 3.05) is 5.75 Å². The minimum Gasteiger partial charge on any atom is -0.349 e. The third-order valence-electron chi connectivity index (χ3n) is 3.54. The number of unbranched alkanes of at least 4 members (excludes halogenated alkanes) is 1. The lowest BCUT2D eigenvalue weighted by Gasteiger charge is -2.14. The van der Waals surface area contributed by atoms with Crippen LogP contribution in [0.5, 0.6) is 0 Å². The zero-order valence-electron chi connectivity index (χ0n) is 13.7. The topological polar surface area (TPSA) is 79.8 Å². The van der Waals surface area contributed by atoms with Gasteiger partial charge in [0.25, 0.3) is 0 Å². The van der Waals surface area contributed by atoms with E-state index in [-0.39, 0.29) is 29.2 Å². The molecular weight excluding hydrogens is 331 g/mol. The number of nitrogens with zero attached hydrogens (tertiary/aromatic N) is 2. The maximum absolute atomic E-state index is 12.9. The summed E-state index contributed by atoms with van der Waals surface area (Å²) in [4.78, 5) is 23.7. The number of carbonyl (C=O) groups is 1. The number of amides is 1. The highest BCUT2D eigenvalue weighted by Crippen LogP contribution is 2.16. The second-order valence-electron chi connectivity index (χ2n) is 5.45. The van der Waals surface area contributed by atoms with Gasteiger partial charge in [0.05, 0.1) is 11.8 Å². The Morgan fingerprint density at radius 3 is 2.79 bits per heavy atom. The quantitative estimate of drug-likeness (QED) is 0.715. The van der Waals surface area contributed by atoms with Gasteiger partial charge in [-0.05, 0) is 31.0 Å². The van der Waals surface area contributed by atoms with E-state index >= 15 is 0 Å². The molecule has 0 bridgehead atoms. The molecular formula is C16H21FN4O2S. The second-order valence-corrected chi connectivity index (χ2v) is 6.39. The number of halogens is 1. The van der Waals surface area contributed by atoms with Gasteiger partial charge in [0, 0.05) is 6.54 Å². The summed E-state index contributed by atoms with van der Waals surface area (Å²) in [6, 6.07) is 5.79. The lowest BCUT2D eigenvalue weighted by atomic mass is 10.1. The minimum absolute atomic E-state index is 0.155. The van der Waals surface area contributed by atoms with Gasteiger partial charge < -0.3 is 5.32 Å².